The monoisotopic (exact) mass is 754 g/mol. The van der Waals surface area contributed by atoms with Gasteiger partial charge in [-0.05, 0) is 50.5 Å². The standard InChI is InChI=1S/C36H51N6O8PSi/c1-21(2)41-26(34(44)46-7)17-24-23-13-11-12-14-25(23)42(30(24)31(41)32-37-15-16-38-32)51(47-8)50-27-18-29(40-19-22(3)33(43)39-35(40)45)49-28(27)20-48-52(9,10)36(4,5)6/h11-16,19,21,26-29,31H,17-18,20H2,1-10H3,(H,37,38)(H,39,43,45)/t26-,27-,28+,29+,31-,51?/m0/s1. The molecule has 0 bridgehead atoms. The molecule has 2 aliphatic rings. The highest BCUT2D eigenvalue weighted by Gasteiger charge is 2.48. The molecule has 0 saturated carbocycles. The molecule has 0 amide bonds. The number of nitrogens with one attached hydrogen (secondary N) is 2. The molecule has 5 heterocycles. The van der Waals surface area contributed by atoms with Crippen LogP contribution in [0.5, 0.6) is 0 Å². The van der Waals surface area contributed by atoms with Gasteiger partial charge >= 0.3 is 11.7 Å². The highest BCUT2D eigenvalue weighted by Crippen LogP contribution is 2.54. The van der Waals surface area contributed by atoms with Crippen LogP contribution in [0.15, 0.2) is 52.4 Å². The van der Waals surface area contributed by atoms with E-state index >= 15 is 0 Å². The Labute approximate surface area is 305 Å². The fourth-order valence-corrected chi connectivity index (χ4v) is 9.59. The molecule has 0 aliphatic carbocycles. The minimum atomic E-state index is -2.20. The maximum absolute atomic E-state index is 13.4. The number of aromatic nitrogens is 5. The van der Waals surface area contributed by atoms with Crippen molar-refractivity contribution in [3.8, 4) is 0 Å². The first kappa shape index (κ1) is 38.3. The number of para-hydroxylation sites is 1. The number of rotatable bonds is 11. The van der Waals surface area contributed by atoms with E-state index < -0.39 is 58.6 Å². The molecule has 16 heteroatoms. The number of aromatic amines is 2. The maximum atomic E-state index is 13.4. The lowest BCUT2D eigenvalue weighted by atomic mass is 9.90. The third kappa shape index (κ3) is 7.00. The Hall–Kier alpha value is -3.43. The summed E-state index contributed by atoms with van der Waals surface area (Å²) in [4.78, 5) is 51.2. The average molecular weight is 755 g/mol. The van der Waals surface area contributed by atoms with Crippen molar-refractivity contribution in [1.82, 2.24) is 28.8 Å². The summed E-state index contributed by atoms with van der Waals surface area (Å²) >= 11 is 0. The number of methoxy groups -OCH3 is 1. The molecule has 14 nitrogen and oxygen atoms in total. The predicted octanol–water partition coefficient (Wildman–Crippen LogP) is 5.54. The van der Waals surface area contributed by atoms with E-state index in [1.54, 1.807) is 26.4 Å². The number of hydrogen-bond donors (Lipinski definition) is 2. The van der Waals surface area contributed by atoms with Gasteiger partial charge in [-0.2, -0.15) is 0 Å². The first-order valence-corrected chi connectivity index (χ1v) is 21.7. The van der Waals surface area contributed by atoms with Gasteiger partial charge in [0, 0.05) is 55.5 Å². The summed E-state index contributed by atoms with van der Waals surface area (Å²) in [6.07, 6.45) is 3.94. The average Bonchev–Trinajstić information content (AvgIpc) is 3.84. The molecule has 1 fully saturated rings. The summed E-state index contributed by atoms with van der Waals surface area (Å²) < 4.78 is 35.5. The van der Waals surface area contributed by atoms with Crippen LogP contribution in [0.25, 0.3) is 10.9 Å². The zero-order valence-electron chi connectivity index (χ0n) is 31.6. The second kappa shape index (κ2) is 14.8. The molecule has 0 radical (unpaired) electrons. The highest BCUT2D eigenvalue weighted by molar-refractivity contribution is 7.45. The Morgan fingerprint density at radius 1 is 1.17 bits per heavy atom. The molecule has 2 aliphatic heterocycles. The number of fused-ring (bicyclic) bond motifs is 3. The minimum Gasteiger partial charge on any atom is -0.468 e. The van der Waals surface area contributed by atoms with Crippen LogP contribution in [0, 0.1) is 6.92 Å². The van der Waals surface area contributed by atoms with Crippen LogP contribution < -0.4 is 11.2 Å². The van der Waals surface area contributed by atoms with Gasteiger partial charge in [-0.15, -0.1) is 0 Å². The number of imidazole rings is 1. The van der Waals surface area contributed by atoms with Crippen LogP contribution in [-0.2, 0) is 34.2 Å². The maximum Gasteiger partial charge on any atom is 0.330 e. The predicted molar refractivity (Wildman–Crippen MR) is 201 cm³/mol. The third-order valence-electron chi connectivity index (χ3n) is 10.8. The van der Waals surface area contributed by atoms with Crippen molar-refractivity contribution in [3.63, 3.8) is 0 Å². The molecule has 6 rings (SSSR count). The van der Waals surface area contributed by atoms with Crippen molar-refractivity contribution in [3.05, 3.63) is 86.3 Å². The van der Waals surface area contributed by atoms with Crippen molar-refractivity contribution in [1.29, 1.82) is 0 Å². The lowest BCUT2D eigenvalue weighted by molar-refractivity contribution is -0.149. The van der Waals surface area contributed by atoms with Gasteiger partial charge in [-0.3, -0.25) is 28.4 Å². The van der Waals surface area contributed by atoms with E-state index in [-0.39, 0.29) is 23.7 Å². The summed E-state index contributed by atoms with van der Waals surface area (Å²) in [5.41, 5.74) is 2.20. The molecule has 4 aromatic rings. The summed E-state index contributed by atoms with van der Waals surface area (Å²) in [5.74, 6) is 0.362. The minimum absolute atomic E-state index is 0.0399. The van der Waals surface area contributed by atoms with Crippen molar-refractivity contribution in [2.75, 3.05) is 20.8 Å². The molecule has 3 aromatic heterocycles. The van der Waals surface area contributed by atoms with Crippen LogP contribution >= 0.6 is 8.53 Å². The Morgan fingerprint density at radius 3 is 2.54 bits per heavy atom. The SMILES string of the molecule is COC(=O)[C@@H]1Cc2c(n(P(OC)O[C@H]3C[C@H](n4cc(C)c(=O)[nH]c4=O)O[C@@H]3CO[Si](C)(C)C(C)(C)C)c3ccccc23)[C@@H](c2ncc[nH]2)N1C(C)C. The summed E-state index contributed by atoms with van der Waals surface area (Å²) in [6, 6.07) is 6.97. The number of hydrogen-bond acceptors (Lipinski definition) is 10. The van der Waals surface area contributed by atoms with Gasteiger partial charge in [0.05, 0.1) is 31.0 Å². The van der Waals surface area contributed by atoms with Gasteiger partial charge in [0.2, 0.25) is 0 Å². The normalized spacial score (nSPS) is 23.3. The lowest BCUT2D eigenvalue weighted by Crippen LogP contribution is -2.52. The number of esters is 1. The largest absolute Gasteiger partial charge is 0.468 e. The first-order valence-electron chi connectivity index (χ1n) is 17.7. The molecule has 0 spiro atoms. The first-order chi connectivity index (χ1) is 24.6. The van der Waals surface area contributed by atoms with E-state index in [4.69, 9.17) is 27.9 Å². The third-order valence-corrected chi connectivity index (χ3v) is 16.8. The summed E-state index contributed by atoms with van der Waals surface area (Å²) in [7, 11) is -1.01. The van der Waals surface area contributed by atoms with Crippen molar-refractivity contribution >= 4 is 33.7 Å². The van der Waals surface area contributed by atoms with Crippen LogP contribution in [0.1, 0.15) is 76.0 Å². The Bertz CT molecular complexity index is 2020. The number of H-pyrrole nitrogens is 2. The number of ether oxygens (including phenoxy) is 2. The zero-order chi connectivity index (χ0) is 37.7. The van der Waals surface area contributed by atoms with Crippen molar-refractivity contribution < 1.29 is 27.7 Å². The summed E-state index contributed by atoms with van der Waals surface area (Å²) in [6.45, 7) is 16.9. The van der Waals surface area contributed by atoms with Crippen LogP contribution in [0.2, 0.25) is 18.1 Å². The topological polar surface area (TPSA) is 155 Å². The van der Waals surface area contributed by atoms with Gasteiger partial charge in [0.1, 0.15) is 30.2 Å². The van der Waals surface area contributed by atoms with Gasteiger partial charge in [-0.1, -0.05) is 39.0 Å². The van der Waals surface area contributed by atoms with Crippen LogP contribution in [-0.4, -0.2) is 88.2 Å². The van der Waals surface area contributed by atoms with E-state index in [9.17, 15) is 14.4 Å². The quantitative estimate of drug-likeness (QED) is 0.113. The van der Waals surface area contributed by atoms with E-state index in [1.165, 1.54) is 17.9 Å². The number of aryl methyl sites for hydroxylation is 1. The van der Waals surface area contributed by atoms with Crippen LogP contribution in [0.4, 0.5) is 0 Å². The molecule has 6 atom stereocenters. The fourth-order valence-electron chi connectivity index (χ4n) is 7.02. The number of benzene rings is 1. The molecule has 1 aromatic carbocycles. The van der Waals surface area contributed by atoms with Gasteiger partial charge in [0.15, 0.2) is 8.32 Å². The Balaban J connectivity index is 1.46. The molecule has 282 valence electrons. The second-order valence-corrected chi connectivity index (χ2v) is 21.6. The number of nitrogens with zero attached hydrogens (tertiary/aromatic N) is 4. The number of carbonyl (C=O) groups excluding carboxylic acids is 1. The van der Waals surface area contributed by atoms with Gasteiger partial charge < -0.3 is 27.9 Å². The second-order valence-electron chi connectivity index (χ2n) is 15.3. The lowest BCUT2D eigenvalue weighted by Gasteiger charge is -2.43. The number of carbonyl (C=O) groups is 1. The molecular formula is C36H51N6O8PSi. The highest BCUT2D eigenvalue weighted by atomic mass is 31.2. The van der Waals surface area contributed by atoms with Crippen LogP contribution in [0.3, 0.4) is 0 Å². The Kier molecular flexibility index (Phi) is 10.9. The smallest absolute Gasteiger partial charge is 0.330 e. The fraction of sp³-hybridized carbons (Fsp3) is 0.556. The summed E-state index contributed by atoms with van der Waals surface area (Å²) in [5, 5.41) is 0.940. The van der Waals surface area contributed by atoms with E-state index in [0.717, 1.165) is 22.2 Å². The molecule has 52 heavy (non-hydrogen) atoms. The van der Waals surface area contributed by atoms with Gasteiger partial charge in [0.25, 0.3) is 14.1 Å². The zero-order valence-corrected chi connectivity index (χ0v) is 33.5. The van der Waals surface area contributed by atoms with Crippen molar-refractivity contribution in [2.24, 2.45) is 0 Å². The molecular weight excluding hydrogens is 703 g/mol. The molecule has 1 saturated heterocycles. The Morgan fingerprint density at radius 2 is 1.90 bits per heavy atom. The molecule has 1 unspecified atom stereocenters. The van der Waals surface area contributed by atoms with E-state index in [0.29, 0.717) is 24.2 Å². The van der Waals surface area contributed by atoms with E-state index in [2.05, 4.69) is 73.0 Å². The molecule has 2 N–H and O–H groups in total. The van der Waals surface area contributed by atoms with Gasteiger partial charge in [-0.25, -0.2) is 9.78 Å². The van der Waals surface area contributed by atoms with E-state index in [1.807, 2.05) is 18.2 Å². The van der Waals surface area contributed by atoms with Crippen molar-refractivity contribution in [2.45, 2.75) is 109 Å².